The van der Waals surface area contributed by atoms with Crippen LogP contribution in [0.5, 0.6) is 5.75 Å². The molecular formula is C22H17N3O4. The van der Waals surface area contributed by atoms with Gasteiger partial charge in [-0.15, -0.1) is 0 Å². The van der Waals surface area contributed by atoms with Crippen LogP contribution in [0.25, 0.3) is 22.4 Å². The van der Waals surface area contributed by atoms with E-state index in [0.29, 0.717) is 22.5 Å². The van der Waals surface area contributed by atoms with Crippen LogP contribution < -0.4 is 4.74 Å². The molecule has 0 unspecified atom stereocenters. The van der Waals surface area contributed by atoms with Crippen LogP contribution in [-0.2, 0) is 4.74 Å². The van der Waals surface area contributed by atoms with Gasteiger partial charge in [-0.2, -0.15) is 0 Å². The maximum absolute atomic E-state index is 12.3. The van der Waals surface area contributed by atoms with E-state index in [0.717, 1.165) is 16.8 Å². The van der Waals surface area contributed by atoms with Gasteiger partial charge in [-0.1, -0.05) is 0 Å². The summed E-state index contributed by atoms with van der Waals surface area (Å²) < 4.78 is 10.3. The predicted molar refractivity (Wildman–Crippen MR) is 107 cm³/mol. The van der Waals surface area contributed by atoms with Gasteiger partial charge in [-0.05, 0) is 54.6 Å². The average Bonchev–Trinajstić information content (AvgIpc) is 3.21. The van der Waals surface area contributed by atoms with Crippen molar-refractivity contribution in [3.63, 3.8) is 0 Å². The van der Waals surface area contributed by atoms with Gasteiger partial charge in [0.25, 0.3) is 0 Å². The highest BCUT2D eigenvalue weighted by atomic mass is 16.5. The Bertz CT molecular complexity index is 1170. The third-order valence-corrected chi connectivity index (χ3v) is 4.42. The molecule has 0 fully saturated rings. The molecule has 7 heteroatoms. The van der Waals surface area contributed by atoms with Crippen molar-refractivity contribution >= 4 is 22.8 Å². The number of nitrogens with zero attached hydrogens (tertiary/aromatic N) is 2. The molecule has 144 valence electrons. The van der Waals surface area contributed by atoms with Crippen LogP contribution >= 0.6 is 0 Å². The van der Waals surface area contributed by atoms with Gasteiger partial charge in [0.15, 0.2) is 12.4 Å². The van der Waals surface area contributed by atoms with E-state index in [1.807, 2.05) is 24.3 Å². The van der Waals surface area contributed by atoms with Crippen LogP contribution in [0.2, 0.25) is 0 Å². The van der Waals surface area contributed by atoms with Crippen molar-refractivity contribution in [3.05, 3.63) is 78.1 Å². The van der Waals surface area contributed by atoms with Crippen LogP contribution in [0.4, 0.5) is 0 Å². The van der Waals surface area contributed by atoms with E-state index in [1.54, 1.807) is 37.4 Å². The Labute approximate surface area is 166 Å². The van der Waals surface area contributed by atoms with Crippen molar-refractivity contribution < 1.29 is 19.1 Å². The fraction of sp³-hybridized carbons (Fsp3) is 0.0909. The number of rotatable bonds is 6. The number of hydrogen-bond donors (Lipinski definition) is 1. The molecule has 2 aromatic carbocycles. The van der Waals surface area contributed by atoms with Crippen LogP contribution in [0.3, 0.4) is 0 Å². The number of aromatic nitrogens is 3. The number of carbonyl (C=O) groups is 2. The Morgan fingerprint density at radius 2 is 1.72 bits per heavy atom. The molecule has 4 aromatic rings. The van der Waals surface area contributed by atoms with Crippen molar-refractivity contribution in [3.8, 4) is 17.1 Å². The van der Waals surface area contributed by atoms with Gasteiger partial charge in [-0.25, -0.2) is 9.78 Å². The van der Waals surface area contributed by atoms with E-state index in [9.17, 15) is 9.59 Å². The van der Waals surface area contributed by atoms with Crippen LogP contribution in [0.15, 0.2) is 67.0 Å². The van der Waals surface area contributed by atoms with Gasteiger partial charge in [-0.3, -0.25) is 9.78 Å². The van der Waals surface area contributed by atoms with Crippen LogP contribution in [0, 0.1) is 0 Å². The van der Waals surface area contributed by atoms with Crippen molar-refractivity contribution in [1.29, 1.82) is 0 Å². The number of nitrogens with one attached hydrogen (secondary N) is 1. The lowest BCUT2D eigenvalue weighted by Gasteiger charge is -2.04. The number of aromatic amines is 1. The molecule has 0 saturated heterocycles. The third-order valence-electron chi connectivity index (χ3n) is 4.42. The number of benzene rings is 2. The minimum Gasteiger partial charge on any atom is -0.497 e. The Morgan fingerprint density at radius 3 is 2.45 bits per heavy atom. The minimum atomic E-state index is -0.574. The van der Waals surface area contributed by atoms with Crippen molar-refractivity contribution in [1.82, 2.24) is 15.0 Å². The summed E-state index contributed by atoms with van der Waals surface area (Å²) in [5.41, 5.74) is 3.10. The summed E-state index contributed by atoms with van der Waals surface area (Å²) in [5.74, 6) is 0.581. The van der Waals surface area contributed by atoms with E-state index < -0.39 is 5.97 Å². The van der Waals surface area contributed by atoms with Gasteiger partial charge in [0, 0.05) is 23.5 Å². The van der Waals surface area contributed by atoms with E-state index in [4.69, 9.17) is 9.47 Å². The summed E-state index contributed by atoms with van der Waals surface area (Å²) >= 11 is 0. The van der Waals surface area contributed by atoms with E-state index >= 15 is 0 Å². The Morgan fingerprint density at radius 1 is 0.966 bits per heavy atom. The fourth-order valence-electron chi connectivity index (χ4n) is 2.86. The molecule has 2 aromatic heterocycles. The molecule has 0 amide bonds. The first-order valence-corrected chi connectivity index (χ1v) is 8.88. The molecule has 0 spiro atoms. The van der Waals surface area contributed by atoms with Gasteiger partial charge in [0.2, 0.25) is 0 Å². The molecule has 2 heterocycles. The van der Waals surface area contributed by atoms with Crippen molar-refractivity contribution in [2.24, 2.45) is 0 Å². The number of ether oxygens (including phenoxy) is 2. The first-order valence-electron chi connectivity index (χ1n) is 8.88. The maximum atomic E-state index is 12.3. The number of pyridine rings is 1. The number of Topliss-reactive ketones (excluding diaryl/α,β-unsaturated/α-hetero) is 1. The summed E-state index contributed by atoms with van der Waals surface area (Å²) in [5, 5.41) is 0. The highest BCUT2D eigenvalue weighted by Crippen LogP contribution is 2.23. The first kappa shape index (κ1) is 18.4. The molecule has 0 radical (unpaired) electrons. The lowest BCUT2D eigenvalue weighted by molar-refractivity contribution is 0.0475. The number of carbonyl (C=O) groups excluding carboxylic acids is 2. The Balaban J connectivity index is 1.49. The highest BCUT2D eigenvalue weighted by molar-refractivity contribution is 6.00. The number of hydrogen-bond acceptors (Lipinski definition) is 6. The third kappa shape index (κ3) is 3.98. The second-order valence-electron chi connectivity index (χ2n) is 6.28. The van der Waals surface area contributed by atoms with Crippen molar-refractivity contribution in [2.45, 2.75) is 0 Å². The molecular weight excluding hydrogens is 370 g/mol. The molecule has 1 N–H and O–H groups in total. The summed E-state index contributed by atoms with van der Waals surface area (Å²) in [6.45, 7) is -0.332. The smallest absolute Gasteiger partial charge is 0.338 e. The second kappa shape index (κ2) is 7.93. The number of methoxy groups -OCH3 is 1. The molecule has 4 rings (SSSR count). The van der Waals surface area contributed by atoms with E-state index in [2.05, 4.69) is 15.0 Å². The molecule has 0 saturated carbocycles. The topological polar surface area (TPSA) is 94.2 Å². The molecule has 0 bridgehead atoms. The highest BCUT2D eigenvalue weighted by Gasteiger charge is 2.14. The number of esters is 1. The largest absolute Gasteiger partial charge is 0.497 e. The van der Waals surface area contributed by atoms with Gasteiger partial charge < -0.3 is 14.5 Å². The zero-order valence-corrected chi connectivity index (χ0v) is 15.6. The van der Waals surface area contributed by atoms with Crippen LogP contribution in [0.1, 0.15) is 20.7 Å². The zero-order valence-electron chi connectivity index (χ0n) is 15.6. The first-order chi connectivity index (χ1) is 14.1. The van der Waals surface area contributed by atoms with Crippen molar-refractivity contribution in [2.75, 3.05) is 13.7 Å². The number of imidazole rings is 1. The molecule has 0 aliphatic rings. The number of ketones is 1. The van der Waals surface area contributed by atoms with Gasteiger partial charge in [0.1, 0.15) is 11.6 Å². The fourth-order valence-corrected chi connectivity index (χ4v) is 2.86. The Hall–Kier alpha value is -4.00. The van der Waals surface area contributed by atoms with Gasteiger partial charge in [0.05, 0.1) is 23.7 Å². The average molecular weight is 387 g/mol. The van der Waals surface area contributed by atoms with Gasteiger partial charge >= 0.3 is 5.97 Å². The zero-order chi connectivity index (χ0) is 20.2. The number of fused-ring (bicyclic) bond motifs is 1. The van der Waals surface area contributed by atoms with E-state index in [-0.39, 0.29) is 12.4 Å². The summed E-state index contributed by atoms with van der Waals surface area (Å²) in [6.07, 6.45) is 3.03. The lowest BCUT2D eigenvalue weighted by atomic mass is 10.2. The quantitative estimate of drug-likeness (QED) is 0.401. The molecule has 7 nitrogen and oxygen atoms in total. The monoisotopic (exact) mass is 387 g/mol. The van der Waals surface area contributed by atoms with Crippen LogP contribution in [-0.4, -0.2) is 40.4 Å². The molecule has 0 atom stereocenters. The second-order valence-corrected chi connectivity index (χ2v) is 6.28. The SMILES string of the molecule is COc1ccc(-c2nc3ccc(C(=O)OCC(=O)c4ccncc4)cc3[nH]2)cc1. The molecule has 29 heavy (non-hydrogen) atoms. The standard InChI is InChI=1S/C22H17N3O4/c1-28-17-5-2-15(3-6-17)21-24-18-7-4-16(12-19(18)25-21)22(27)29-13-20(26)14-8-10-23-11-9-14/h2-12H,13H2,1H3,(H,24,25). The van der Waals surface area contributed by atoms with E-state index in [1.165, 1.54) is 12.4 Å². The normalized spacial score (nSPS) is 10.7. The maximum Gasteiger partial charge on any atom is 0.338 e. The summed E-state index contributed by atoms with van der Waals surface area (Å²) in [4.78, 5) is 36.0. The summed E-state index contributed by atoms with van der Waals surface area (Å²) in [7, 11) is 1.61. The predicted octanol–water partition coefficient (Wildman–Crippen LogP) is 3.67. The molecule has 0 aliphatic heterocycles. The Kier molecular flexibility index (Phi) is 5.03. The number of H-pyrrole nitrogens is 1. The lowest BCUT2D eigenvalue weighted by Crippen LogP contribution is -2.14. The summed E-state index contributed by atoms with van der Waals surface area (Å²) in [6, 6.07) is 15.7. The minimum absolute atomic E-state index is 0.287. The molecule has 0 aliphatic carbocycles.